The van der Waals surface area contributed by atoms with Crippen molar-refractivity contribution in [2.45, 2.75) is 195 Å². The first kappa shape index (κ1) is 68.7. The van der Waals surface area contributed by atoms with Gasteiger partial charge < -0.3 is 32.1 Å². The van der Waals surface area contributed by atoms with Crippen LogP contribution in [0, 0.1) is 0 Å². The Morgan fingerprint density at radius 3 is 1.08 bits per heavy atom. The van der Waals surface area contributed by atoms with Crippen molar-refractivity contribution in [3.8, 4) is 0 Å². The Bertz CT molecular complexity index is 4190. The minimum absolute atomic E-state index is 0.937. The van der Waals surface area contributed by atoms with E-state index >= 15 is 0 Å². The van der Waals surface area contributed by atoms with Crippen LogP contribution in [0.5, 0.6) is 0 Å². The summed E-state index contributed by atoms with van der Waals surface area (Å²) in [6.07, 6.45) is 29.5. The lowest BCUT2D eigenvalue weighted by molar-refractivity contribution is 0.235. The van der Waals surface area contributed by atoms with Crippen molar-refractivity contribution in [1.82, 2.24) is 19.8 Å². The summed E-state index contributed by atoms with van der Waals surface area (Å²) in [6.45, 7) is 11.2. The van der Waals surface area contributed by atoms with E-state index in [2.05, 4.69) is 213 Å². The van der Waals surface area contributed by atoms with Gasteiger partial charge in [-0.1, -0.05) is 187 Å². The zero-order chi connectivity index (χ0) is 65.3. The molecule has 2 heterocycles. The number of carbonyl (C=O) groups excluding carboxylic acids is 4. The average Bonchev–Trinajstić information content (AvgIpc) is 1.03. The average molecular weight is 1370 g/mol. The van der Waals surface area contributed by atoms with Crippen LogP contribution < -0.4 is 33.6 Å². The number of benzene rings is 9. The zero-order valence-corrected chi connectivity index (χ0v) is 57.7. The molecule has 0 fully saturated rings. The van der Waals surface area contributed by atoms with Crippen LogP contribution in [0.3, 0.4) is 0 Å². The first-order chi connectivity index (χ1) is 44.6. The van der Waals surface area contributed by atoms with Crippen molar-refractivity contribution >= 4 is 143 Å². The Labute approximate surface area is 559 Å². The molecule has 2 aromatic heterocycles. The van der Waals surface area contributed by atoms with Crippen molar-refractivity contribution in [3.63, 3.8) is 0 Å². The fourth-order valence-electron chi connectivity index (χ4n) is 14.1. The maximum Gasteiger partial charge on any atom is 0.320 e. The van der Waals surface area contributed by atoms with E-state index in [1.807, 2.05) is 0 Å². The van der Waals surface area contributed by atoms with Crippen molar-refractivity contribution in [1.29, 1.82) is 0 Å². The van der Waals surface area contributed by atoms with Crippen molar-refractivity contribution in [3.05, 3.63) is 164 Å². The summed E-state index contributed by atoms with van der Waals surface area (Å²) < 4.78 is 7.80. The van der Waals surface area contributed by atoms with Gasteiger partial charge in [0.1, 0.15) is 0 Å². The highest BCUT2D eigenvalue weighted by atomic mass is 79.9. The van der Waals surface area contributed by atoms with E-state index in [-0.39, 0.29) is 0 Å². The molecule has 0 atom stereocenters. The van der Waals surface area contributed by atoms with E-state index in [0.717, 1.165) is 64.5 Å². The summed E-state index contributed by atoms with van der Waals surface area (Å²) in [4.78, 5) is 38.5. The number of urea groups is 4. The summed E-state index contributed by atoms with van der Waals surface area (Å²) in [5.74, 6) is 0. The molecule has 0 aliphatic rings. The van der Waals surface area contributed by atoms with Gasteiger partial charge in [0.25, 0.3) is 0 Å². The molecule has 11 rings (SSSR count). The molecule has 0 saturated heterocycles. The van der Waals surface area contributed by atoms with Gasteiger partial charge in [-0.2, -0.15) is 0 Å². The molecule has 0 saturated carbocycles. The Morgan fingerprint density at radius 1 is 0.348 bits per heavy atom. The van der Waals surface area contributed by atoms with Gasteiger partial charge in [-0.15, -0.1) is 0 Å². The molecule has 11 aromatic rings. The van der Waals surface area contributed by atoms with Gasteiger partial charge in [0.15, 0.2) is 0 Å². The topological polar surface area (TPSA) is 206 Å². The quantitative estimate of drug-likeness (QED) is 0.0161. The minimum Gasteiger partial charge on any atom is -0.351 e. The molecule has 92 heavy (non-hydrogen) atoms. The number of fused-ring (bicyclic) bond motifs is 8. The summed E-state index contributed by atoms with van der Waals surface area (Å²) in [6, 6.07) is 44.7. The number of hydrogen-bond donors (Lipinski definition) is 6. The van der Waals surface area contributed by atoms with Crippen molar-refractivity contribution < 1.29 is 19.2 Å². The number of rotatable bonds is 28. The summed E-state index contributed by atoms with van der Waals surface area (Å²) in [5.41, 5.74) is 32.2. The molecule has 0 spiro atoms. The van der Waals surface area contributed by atoms with Gasteiger partial charge in [-0.05, 0) is 213 Å². The van der Waals surface area contributed by atoms with E-state index in [0.29, 0.717) is 0 Å². The molecule has 0 aliphatic carbocycles. The van der Waals surface area contributed by atoms with Crippen LogP contribution in [0.15, 0.2) is 130 Å². The number of halogens is 2. The molecule has 9 aromatic carbocycles. The van der Waals surface area contributed by atoms with Crippen LogP contribution in [-0.2, 0) is 51.6 Å². The van der Waals surface area contributed by atoms with Crippen LogP contribution in [0.25, 0.3) is 86.7 Å². The second kappa shape index (κ2) is 33.2. The highest BCUT2D eigenvalue weighted by molar-refractivity contribution is 9.11. The van der Waals surface area contributed by atoms with Gasteiger partial charge in [-0.3, -0.25) is 10.6 Å². The molecule has 484 valence electrons. The minimum atomic E-state index is -0.938. The zero-order valence-electron chi connectivity index (χ0n) is 54.5. The summed E-state index contributed by atoms with van der Waals surface area (Å²) >= 11 is 8.56. The second-order valence-corrected chi connectivity index (χ2v) is 26.7. The SMILES string of the molecule is CCCCCCc1ccc2c(c1)c1cc(CCCCCC)ccc1n2CCCc1c(CCCn2c3ccc(CCCCCC)cc3c3cc(CCCCCC)ccc32)c2cccc3c4c(Br)ccc5cccc(c(c1Br)c23)c54.NC(=O)NC(N)=O.NC(=O)NC(N)=O. The molecule has 10 N–H and O–H groups in total. The Balaban J connectivity index is 0.000000643. The number of imide groups is 2. The van der Waals surface area contributed by atoms with Crippen LogP contribution in [0.2, 0.25) is 0 Å². The van der Waals surface area contributed by atoms with Crippen molar-refractivity contribution in [2.24, 2.45) is 22.9 Å². The predicted molar refractivity (Wildman–Crippen MR) is 395 cm³/mol. The maximum absolute atomic E-state index is 9.62. The molecule has 0 radical (unpaired) electrons. The second-order valence-electron chi connectivity index (χ2n) is 25.1. The Kier molecular flexibility index (Phi) is 24.8. The van der Waals surface area contributed by atoms with Gasteiger partial charge >= 0.3 is 24.1 Å². The largest absolute Gasteiger partial charge is 0.351 e. The van der Waals surface area contributed by atoms with Gasteiger partial charge in [0.2, 0.25) is 0 Å². The first-order valence-electron chi connectivity index (χ1n) is 33.9. The van der Waals surface area contributed by atoms with Crippen LogP contribution in [0.1, 0.15) is 177 Å². The van der Waals surface area contributed by atoms with Crippen LogP contribution in [-0.4, -0.2) is 33.3 Å². The maximum atomic E-state index is 9.62. The number of aromatic nitrogens is 2. The molecule has 0 unspecified atom stereocenters. The lowest BCUT2D eigenvalue weighted by atomic mass is 9.84. The normalized spacial score (nSPS) is 11.5. The standard InChI is InChI=1S/C74H84Br2N2.2C2H5N3O2/c1-5-9-13-17-25-51-35-41-66-61(47-51)62-48-52(26-18-14-10-6-2)36-42-67(62)77(66)45-23-33-56-57-30-22-32-60-71(57)73(59-31-21-29-55-39-40-65(75)72(60)70(55)59)74(76)58(56)34-24-46-78-68-43-37-53(27-19-15-11-7-3)49-63(68)64-50-54(38-44-69(64)78)28-20-16-12-8-4;2*3-1(6)5-2(4)7/h21-22,29-32,35-44,47-50H,5-20,23-28,33-34,45-46H2,1-4H3;2*(H5,3,4,5,6,7). The van der Waals surface area contributed by atoms with E-state index in [9.17, 15) is 19.2 Å². The number of nitrogens with two attached hydrogens (primary N) is 4. The lowest BCUT2D eigenvalue weighted by Gasteiger charge is -2.23. The van der Waals surface area contributed by atoms with Crippen LogP contribution >= 0.6 is 31.9 Å². The Hall–Kier alpha value is -7.68. The summed E-state index contributed by atoms with van der Waals surface area (Å²) in [7, 11) is 0. The highest BCUT2D eigenvalue weighted by Gasteiger charge is 2.24. The molecule has 14 heteroatoms. The third-order valence-electron chi connectivity index (χ3n) is 18.4. The van der Waals surface area contributed by atoms with Gasteiger partial charge in [-0.25, -0.2) is 19.2 Å². The fourth-order valence-corrected chi connectivity index (χ4v) is 15.4. The summed E-state index contributed by atoms with van der Waals surface area (Å²) in [5, 5.41) is 19.7. The smallest absolute Gasteiger partial charge is 0.320 e. The van der Waals surface area contributed by atoms with E-state index in [1.165, 1.54) is 232 Å². The molecular formula is C78H94Br2N8O4. The number of hydrogen-bond acceptors (Lipinski definition) is 4. The van der Waals surface area contributed by atoms with E-state index in [4.69, 9.17) is 0 Å². The highest BCUT2D eigenvalue weighted by Crippen LogP contribution is 2.48. The molecule has 12 nitrogen and oxygen atoms in total. The molecule has 0 aliphatic heterocycles. The van der Waals surface area contributed by atoms with Crippen molar-refractivity contribution in [2.75, 3.05) is 0 Å². The van der Waals surface area contributed by atoms with E-state index in [1.54, 1.807) is 10.6 Å². The van der Waals surface area contributed by atoms with E-state index < -0.39 is 24.1 Å². The molecule has 0 bridgehead atoms. The third-order valence-corrected chi connectivity index (χ3v) is 19.9. The lowest BCUT2D eigenvalue weighted by Crippen LogP contribution is -2.38. The number of nitrogens with one attached hydrogen (secondary N) is 2. The van der Waals surface area contributed by atoms with Crippen LogP contribution in [0.4, 0.5) is 19.2 Å². The molecular weight excluding hydrogens is 1270 g/mol. The number of unbranched alkanes of at least 4 members (excludes halogenated alkanes) is 12. The molecule has 8 amide bonds. The number of amides is 8. The number of aryl methyl sites for hydroxylation is 7. The number of carbonyl (C=O) groups is 4. The Morgan fingerprint density at radius 2 is 0.707 bits per heavy atom. The number of primary amides is 4. The first-order valence-corrected chi connectivity index (χ1v) is 35.5. The number of nitrogens with zero attached hydrogens (tertiary/aromatic N) is 2. The fraction of sp³-hybridized carbons (Fsp3) is 0.385. The monoisotopic (exact) mass is 1360 g/mol. The van der Waals surface area contributed by atoms with Gasteiger partial charge in [0, 0.05) is 76.4 Å². The predicted octanol–water partition coefficient (Wildman–Crippen LogP) is 20.7. The third kappa shape index (κ3) is 16.6. The van der Waals surface area contributed by atoms with Gasteiger partial charge in [0.05, 0.1) is 0 Å².